The second-order valence-corrected chi connectivity index (χ2v) is 4.65. The van der Waals surface area contributed by atoms with Crippen LogP contribution >= 0.6 is 0 Å². The molecule has 0 radical (unpaired) electrons. The molecule has 2 aromatic carbocycles. The van der Waals surface area contributed by atoms with Gasteiger partial charge in [-0.3, -0.25) is 0 Å². The van der Waals surface area contributed by atoms with Crippen molar-refractivity contribution in [1.82, 2.24) is 0 Å². The first-order chi connectivity index (χ1) is 8.24. The van der Waals surface area contributed by atoms with Gasteiger partial charge in [0, 0.05) is 6.04 Å². The Labute approximate surface area is 103 Å². The number of rotatable bonds is 4. The molecule has 2 atom stereocenters. The van der Waals surface area contributed by atoms with E-state index in [9.17, 15) is 0 Å². The zero-order valence-electron chi connectivity index (χ0n) is 10.3. The number of hydrogen-bond donors (Lipinski definition) is 2. The minimum absolute atomic E-state index is 0.0599. The molecule has 0 aliphatic heterocycles. The van der Waals surface area contributed by atoms with Crippen LogP contribution in [0.1, 0.15) is 24.9 Å². The predicted molar refractivity (Wildman–Crippen MR) is 73.7 cm³/mol. The van der Waals surface area contributed by atoms with E-state index in [0.29, 0.717) is 12.5 Å². The van der Waals surface area contributed by atoms with Gasteiger partial charge < -0.3 is 11.5 Å². The molecule has 0 bridgehead atoms. The van der Waals surface area contributed by atoms with Gasteiger partial charge in [0.15, 0.2) is 0 Å². The molecule has 17 heavy (non-hydrogen) atoms. The second-order valence-electron chi connectivity index (χ2n) is 4.65. The van der Waals surface area contributed by atoms with Crippen LogP contribution in [0.2, 0.25) is 0 Å². The van der Waals surface area contributed by atoms with Crippen LogP contribution in [0.25, 0.3) is 10.8 Å². The molecule has 4 N–H and O–H groups in total. The average Bonchev–Trinajstić information content (AvgIpc) is 2.37. The molecule has 90 valence electrons. The molecule has 2 heteroatoms. The van der Waals surface area contributed by atoms with Crippen LogP contribution in [0.4, 0.5) is 0 Å². The molecule has 0 fully saturated rings. The Kier molecular flexibility index (Phi) is 3.77. The fraction of sp³-hybridized carbons (Fsp3) is 0.333. The van der Waals surface area contributed by atoms with Crippen molar-refractivity contribution in [3.05, 3.63) is 48.0 Å². The molecule has 0 amide bonds. The summed E-state index contributed by atoms with van der Waals surface area (Å²) in [6, 6.07) is 14.8. The average molecular weight is 228 g/mol. The smallest absolute Gasteiger partial charge is 0.0327 e. The Balaban J connectivity index is 2.41. The summed E-state index contributed by atoms with van der Waals surface area (Å²) in [7, 11) is 0. The quantitative estimate of drug-likeness (QED) is 0.845. The highest BCUT2D eigenvalue weighted by Gasteiger charge is 2.16. The summed E-state index contributed by atoms with van der Waals surface area (Å²) in [4.78, 5) is 0. The molecule has 0 heterocycles. The number of hydrogen-bond acceptors (Lipinski definition) is 2. The van der Waals surface area contributed by atoms with Crippen molar-refractivity contribution >= 4 is 10.8 Å². The molecule has 2 aromatic rings. The van der Waals surface area contributed by atoms with Crippen LogP contribution in [-0.2, 0) is 0 Å². The van der Waals surface area contributed by atoms with E-state index >= 15 is 0 Å². The Morgan fingerprint density at radius 2 is 1.76 bits per heavy atom. The maximum Gasteiger partial charge on any atom is 0.0327 e. The second kappa shape index (κ2) is 5.30. The Morgan fingerprint density at radius 3 is 2.53 bits per heavy atom. The van der Waals surface area contributed by atoms with E-state index in [1.807, 2.05) is 0 Å². The molecular formula is C15H20N2. The summed E-state index contributed by atoms with van der Waals surface area (Å²) in [6.07, 6.45) is 0.963. The van der Waals surface area contributed by atoms with E-state index in [0.717, 1.165) is 6.42 Å². The van der Waals surface area contributed by atoms with E-state index in [2.05, 4.69) is 49.4 Å². The topological polar surface area (TPSA) is 52.0 Å². The lowest BCUT2D eigenvalue weighted by molar-refractivity contribution is 0.446. The van der Waals surface area contributed by atoms with Gasteiger partial charge in [0.25, 0.3) is 0 Å². The van der Waals surface area contributed by atoms with Crippen LogP contribution in [0.15, 0.2) is 42.5 Å². The van der Waals surface area contributed by atoms with Gasteiger partial charge in [-0.25, -0.2) is 0 Å². The van der Waals surface area contributed by atoms with Crippen LogP contribution < -0.4 is 11.5 Å². The first kappa shape index (κ1) is 12.1. The maximum absolute atomic E-state index is 6.34. The minimum atomic E-state index is 0.0599. The van der Waals surface area contributed by atoms with Gasteiger partial charge in [-0.1, -0.05) is 49.4 Å². The molecule has 2 unspecified atom stereocenters. The zero-order chi connectivity index (χ0) is 12.3. The predicted octanol–water partition coefficient (Wildman–Crippen LogP) is 2.82. The van der Waals surface area contributed by atoms with Crippen molar-refractivity contribution in [3.63, 3.8) is 0 Å². The lowest BCUT2D eigenvalue weighted by Gasteiger charge is -2.21. The third kappa shape index (κ3) is 2.48. The molecule has 0 aliphatic carbocycles. The molecule has 0 aromatic heterocycles. The Hall–Kier alpha value is -1.38. The van der Waals surface area contributed by atoms with Gasteiger partial charge in [0.2, 0.25) is 0 Å². The summed E-state index contributed by atoms with van der Waals surface area (Å²) < 4.78 is 0. The van der Waals surface area contributed by atoms with E-state index in [1.165, 1.54) is 16.3 Å². The molecule has 2 nitrogen and oxygen atoms in total. The van der Waals surface area contributed by atoms with E-state index in [-0.39, 0.29) is 6.04 Å². The van der Waals surface area contributed by atoms with Crippen molar-refractivity contribution in [2.45, 2.75) is 19.4 Å². The minimum Gasteiger partial charge on any atom is -0.330 e. The van der Waals surface area contributed by atoms with Crippen molar-refractivity contribution in [2.24, 2.45) is 17.4 Å². The number of benzene rings is 2. The lowest BCUT2D eigenvalue weighted by Crippen LogP contribution is -2.21. The fourth-order valence-electron chi connectivity index (χ4n) is 2.29. The van der Waals surface area contributed by atoms with Gasteiger partial charge in [-0.2, -0.15) is 0 Å². The maximum atomic E-state index is 6.34. The summed E-state index contributed by atoms with van der Waals surface area (Å²) in [5.41, 5.74) is 13.2. The van der Waals surface area contributed by atoms with Gasteiger partial charge in [0.1, 0.15) is 0 Å². The highest BCUT2D eigenvalue weighted by atomic mass is 14.7. The molecule has 0 saturated carbocycles. The summed E-state index contributed by atoms with van der Waals surface area (Å²) in [6.45, 7) is 2.86. The molecule has 0 spiro atoms. The van der Waals surface area contributed by atoms with Crippen molar-refractivity contribution < 1.29 is 0 Å². The Morgan fingerprint density at radius 1 is 1.06 bits per heavy atom. The Bertz CT molecular complexity index is 488. The largest absolute Gasteiger partial charge is 0.330 e. The SMILES string of the molecule is CC(CCN)C(N)c1cccc2ccccc12. The highest BCUT2D eigenvalue weighted by Crippen LogP contribution is 2.28. The van der Waals surface area contributed by atoms with E-state index in [4.69, 9.17) is 11.5 Å². The normalized spacial score (nSPS) is 14.8. The van der Waals surface area contributed by atoms with Crippen LogP contribution in [-0.4, -0.2) is 6.54 Å². The fourth-order valence-corrected chi connectivity index (χ4v) is 2.29. The number of nitrogens with two attached hydrogens (primary N) is 2. The van der Waals surface area contributed by atoms with Gasteiger partial charge >= 0.3 is 0 Å². The lowest BCUT2D eigenvalue weighted by atomic mass is 9.89. The number of fused-ring (bicyclic) bond motifs is 1. The van der Waals surface area contributed by atoms with Gasteiger partial charge in [0.05, 0.1) is 0 Å². The summed E-state index contributed by atoms with van der Waals surface area (Å²) >= 11 is 0. The third-order valence-electron chi connectivity index (χ3n) is 3.42. The molecule has 0 aliphatic rings. The van der Waals surface area contributed by atoms with Crippen molar-refractivity contribution in [1.29, 1.82) is 0 Å². The van der Waals surface area contributed by atoms with Gasteiger partial charge in [-0.05, 0) is 35.2 Å². The summed E-state index contributed by atoms with van der Waals surface area (Å²) in [5.74, 6) is 0.408. The van der Waals surface area contributed by atoms with Crippen LogP contribution in [0.3, 0.4) is 0 Å². The standard InChI is InChI=1S/C15H20N2/c1-11(9-10-16)15(17)14-8-4-6-12-5-2-3-7-13(12)14/h2-8,11,15H,9-10,16-17H2,1H3. The monoisotopic (exact) mass is 228 g/mol. The van der Waals surface area contributed by atoms with Gasteiger partial charge in [-0.15, -0.1) is 0 Å². The zero-order valence-corrected chi connectivity index (χ0v) is 10.3. The van der Waals surface area contributed by atoms with E-state index < -0.39 is 0 Å². The highest BCUT2D eigenvalue weighted by molar-refractivity contribution is 5.86. The van der Waals surface area contributed by atoms with Crippen molar-refractivity contribution in [3.8, 4) is 0 Å². The van der Waals surface area contributed by atoms with Crippen LogP contribution in [0, 0.1) is 5.92 Å². The summed E-state index contributed by atoms with van der Waals surface area (Å²) in [5, 5.41) is 2.51. The third-order valence-corrected chi connectivity index (χ3v) is 3.42. The van der Waals surface area contributed by atoms with Crippen molar-refractivity contribution in [2.75, 3.05) is 6.54 Å². The van der Waals surface area contributed by atoms with E-state index in [1.54, 1.807) is 0 Å². The van der Waals surface area contributed by atoms with Crippen LogP contribution in [0.5, 0.6) is 0 Å². The molecule has 0 saturated heterocycles. The first-order valence-corrected chi connectivity index (χ1v) is 6.17. The molecular weight excluding hydrogens is 208 g/mol. The first-order valence-electron chi connectivity index (χ1n) is 6.17. The molecule has 2 rings (SSSR count).